The summed E-state index contributed by atoms with van der Waals surface area (Å²) in [6.45, 7) is 0.283. The molecule has 0 unspecified atom stereocenters. The Morgan fingerprint density at radius 1 is 1.07 bits per heavy atom. The van der Waals surface area contributed by atoms with Crippen molar-refractivity contribution in [2.45, 2.75) is 32.2 Å². The zero-order valence-corrected chi connectivity index (χ0v) is 16.0. The predicted octanol–water partition coefficient (Wildman–Crippen LogP) is 3.86. The molecule has 1 aliphatic rings. The highest BCUT2D eigenvalue weighted by Gasteiger charge is 2.22. The molecule has 0 saturated carbocycles. The molecular formula is C23H24N2O3. The van der Waals surface area contributed by atoms with Crippen LogP contribution in [0.1, 0.15) is 40.0 Å². The molecule has 5 heteroatoms. The van der Waals surface area contributed by atoms with Gasteiger partial charge in [-0.3, -0.25) is 9.59 Å². The number of aromatic amines is 1. The molecule has 5 nitrogen and oxygen atoms in total. The minimum absolute atomic E-state index is 0.0759. The molecular weight excluding hydrogens is 352 g/mol. The molecule has 1 heterocycles. The maximum absolute atomic E-state index is 13.2. The molecule has 1 amide bonds. The summed E-state index contributed by atoms with van der Waals surface area (Å²) in [6.07, 6.45) is 4.49. The number of ether oxygens (including phenoxy) is 1. The van der Waals surface area contributed by atoms with Gasteiger partial charge in [0.05, 0.1) is 7.11 Å². The summed E-state index contributed by atoms with van der Waals surface area (Å²) in [4.78, 5) is 30.2. The standard InChI is InChI=1S/C23H24N2O3/c1-28-22(26)15-25(14-16-7-3-2-4-8-16)23(27)17-11-12-21-19(13-17)18-9-5-6-10-20(18)24-21/h2-4,7-8,11-13,24H,5-6,9-10,14-15H2,1H3. The number of nitrogens with one attached hydrogen (secondary N) is 1. The van der Waals surface area contributed by atoms with Gasteiger partial charge in [0.1, 0.15) is 6.54 Å². The highest BCUT2D eigenvalue weighted by molar-refractivity contribution is 6.00. The van der Waals surface area contributed by atoms with E-state index in [-0.39, 0.29) is 12.5 Å². The molecule has 0 spiro atoms. The topological polar surface area (TPSA) is 62.4 Å². The maximum atomic E-state index is 13.2. The molecule has 0 aliphatic heterocycles. The van der Waals surface area contributed by atoms with E-state index in [9.17, 15) is 9.59 Å². The first-order chi connectivity index (χ1) is 13.7. The van der Waals surface area contributed by atoms with Gasteiger partial charge in [-0.05, 0) is 55.0 Å². The van der Waals surface area contributed by atoms with Crippen molar-refractivity contribution in [3.63, 3.8) is 0 Å². The van der Waals surface area contributed by atoms with Crippen LogP contribution >= 0.6 is 0 Å². The number of methoxy groups -OCH3 is 1. The quantitative estimate of drug-likeness (QED) is 0.688. The van der Waals surface area contributed by atoms with Gasteiger partial charge in [-0.25, -0.2) is 0 Å². The first kappa shape index (κ1) is 18.3. The summed E-state index contributed by atoms with van der Waals surface area (Å²) in [5.41, 5.74) is 5.27. The number of hydrogen-bond donors (Lipinski definition) is 1. The number of benzene rings is 2. The fraction of sp³-hybridized carbons (Fsp3) is 0.304. The SMILES string of the molecule is COC(=O)CN(Cc1ccccc1)C(=O)c1ccc2[nH]c3c(c2c1)CCCC3. The third-order valence-corrected chi connectivity index (χ3v) is 5.40. The number of rotatable bonds is 5. The Morgan fingerprint density at radius 3 is 2.64 bits per heavy atom. The Morgan fingerprint density at radius 2 is 1.86 bits per heavy atom. The van der Waals surface area contributed by atoms with Crippen molar-refractivity contribution in [2.75, 3.05) is 13.7 Å². The molecule has 2 aromatic carbocycles. The van der Waals surface area contributed by atoms with Crippen LogP contribution in [0.15, 0.2) is 48.5 Å². The van der Waals surface area contributed by atoms with Gasteiger partial charge in [-0.15, -0.1) is 0 Å². The van der Waals surface area contributed by atoms with Crippen molar-refractivity contribution in [3.8, 4) is 0 Å². The van der Waals surface area contributed by atoms with E-state index in [0.29, 0.717) is 12.1 Å². The van der Waals surface area contributed by atoms with Crippen LogP contribution in [0, 0.1) is 0 Å². The van der Waals surface area contributed by atoms with Crippen molar-refractivity contribution in [1.82, 2.24) is 9.88 Å². The number of aromatic nitrogens is 1. The third-order valence-electron chi connectivity index (χ3n) is 5.40. The lowest BCUT2D eigenvalue weighted by Crippen LogP contribution is -2.35. The average molecular weight is 376 g/mol. The van der Waals surface area contributed by atoms with Gasteiger partial charge >= 0.3 is 5.97 Å². The highest BCUT2D eigenvalue weighted by Crippen LogP contribution is 2.30. The Labute approximate surface area is 164 Å². The summed E-state index contributed by atoms with van der Waals surface area (Å²) in [7, 11) is 1.34. The van der Waals surface area contributed by atoms with Crippen LogP contribution < -0.4 is 0 Å². The molecule has 0 fully saturated rings. The van der Waals surface area contributed by atoms with E-state index in [4.69, 9.17) is 4.74 Å². The number of esters is 1. The minimum Gasteiger partial charge on any atom is -0.468 e. The van der Waals surface area contributed by atoms with E-state index in [2.05, 4.69) is 4.98 Å². The van der Waals surface area contributed by atoms with Gasteiger partial charge in [0.2, 0.25) is 0 Å². The lowest BCUT2D eigenvalue weighted by molar-refractivity contribution is -0.141. The normalized spacial score (nSPS) is 13.2. The van der Waals surface area contributed by atoms with Crippen LogP contribution in [-0.2, 0) is 28.9 Å². The van der Waals surface area contributed by atoms with E-state index in [0.717, 1.165) is 29.3 Å². The summed E-state index contributed by atoms with van der Waals surface area (Å²) in [6, 6.07) is 15.4. The summed E-state index contributed by atoms with van der Waals surface area (Å²) in [5, 5.41) is 1.12. The maximum Gasteiger partial charge on any atom is 0.325 e. The van der Waals surface area contributed by atoms with Gasteiger partial charge in [0.25, 0.3) is 5.91 Å². The Balaban J connectivity index is 1.66. The highest BCUT2D eigenvalue weighted by atomic mass is 16.5. The fourth-order valence-corrected chi connectivity index (χ4v) is 3.95. The second-order valence-electron chi connectivity index (χ2n) is 7.27. The molecule has 28 heavy (non-hydrogen) atoms. The summed E-state index contributed by atoms with van der Waals surface area (Å²) < 4.78 is 4.80. The molecule has 0 atom stereocenters. The van der Waals surface area contributed by atoms with E-state index < -0.39 is 5.97 Å². The molecule has 4 rings (SSSR count). The van der Waals surface area contributed by atoms with Crippen LogP contribution in [0.5, 0.6) is 0 Å². The van der Waals surface area contributed by atoms with Crippen molar-refractivity contribution >= 4 is 22.8 Å². The number of carbonyl (C=O) groups excluding carboxylic acids is 2. The van der Waals surface area contributed by atoms with Gasteiger partial charge in [0, 0.05) is 28.7 Å². The molecule has 1 aromatic heterocycles. The van der Waals surface area contributed by atoms with Crippen LogP contribution in [0.2, 0.25) is 0 Å². The minimum atomic E-state index is -0.426. The predicted molar refractivity (Wildman–Crippen MR) is 108 cm³/mol. The number of fused-ring (bicyclic) bond motifs is 3. The van der Waals surface area contributed by atoms with Crippen molar-refractivity contribution in [3.05, 3.63) is 70.9 Å². The van der Waals surface area contributed by atoms with Gasteiger partial charge in [-0.2, -0.15) is 0 Å². The number of H-pyrrole nitrogens is 1. The Bertz CT molecular complexity index is 1010. The van der Waals surface area contributed by atoms with Gasteiger partial charge in [-0.1, -0.05) is 30.3 Å². The van der Waals surface area contributed by atoms with Crippen LogP contribution in [0.4, 0.5) is 0 Å². The molecule has 1 N–H and O–H groups in total. The van der Waals surface area contributed by atoms with E-state index >= 15 is 0 Å². The third kappa shape index (κ3) is 3.65. The van der Waals surface area contributed by atoms with Crippen LogP contribution in [0.3, 0.4) is 0 Å². The number of aryl methyl sites for hydroxylation is 2. The largest absolute Gasteiger partial charge is 0.468 e. The number of nitrogens with zero attached hydrogens (tertiary/aromatic N) is 1. The lowest BCUT2D eigenvalue weighted by atomic mass is 9.95. The molecule has 0 bridgehead atoms. The van der Waals surface area contributed by atoms with Crippen molar-refractivity contribution < 1.29 is 14.3 Å². The molecule has 3 aromatic rings. The Hall–Kier alpha value is -3.08. The summed E-state index contributed by atoms with van der Waals surface area (Å²) >= 11 is 0. The molecule has 1 aliphatic carbocycles. The number of amides is 1. The first-order valence-corrected chi connectivity index (χ1v) is 9.69. The first-order valence-electron chi connectivity index (χ1n) is 9.69. The number of carbonyl (C=O) groups is 2. The lowest BCUT2D eigenvalue weighted by Gasteiger charge is -2.22. The molecule has 0 radical (unpaired) electrons. The monoisotopic (exact) mass is 376 g/mol. The van der Waals surface area contributed by atoms with E-state index in [1.54, 1.807) is 4.90 Å². The van der Waals surface area contributed by atoms with E-state index in [1.165, 1.54) is 31.2 Å². The smallest absolute Gasteiger partial charge is 0.325 e. The zero-order chi connectivity index (χ0) is 19.5. The van der Waals surface area contributed by atoms with Crippen LogP contribution in [0.25, 0.3) is 10.9 Å². The zero-order valence-electron chi connectivity index (χ0n) is 16.0. The number of hydrogen-bond acceptors (Lipinski definition) is 3. The summed E-state index contributed by atoms with van der Waals surface area (Å²) in [5.74, 6) is -0.591. The molecule has 0 saturated heterocycles. The van der Waals surface area contributed by atoms with Crippen molar-refractivity contribution in [1.29, 1.82) is 0 Å². The second-order valence-corrected chi connectivity index (χ2v) is 7.27. The van der Waals surface area contributed by atoms with Gasteiger partial charge < -0.3 is 14.6 Å². The average Bonchev–Trinajstić information content (AvgIpc) is 3.11. The van der Waals surface area contributed by atoms with Crippen LogP contribution in [-0.4, -0.2) is 35.4 Å². The van der Waals surface area contributed by atoms with E-state index in [1.807, 2.05) is 48.5 Å². The molecule has 144 valence electrons. The van der Waals surface area contributed by atoms with Gasteiger partial charge in [0.15, 0.2) is 0 Å². The Kier molecular flexibility index (Phi) is 5.15. The van der Waals surface area contributed by atoms with Crippen molar-refractivity contribution in [2.24, 2.45) is 0 Å². The fourth-order valence-electron chi connectivity index (χ4n) is 3.95. The second kappa shape index (κ2) is 7.89.